The van der Waals surface area contributed by atoms with E-state index in [1.807, 2.05) is 6.07 Å². The average Bonchev–Trinajstić information content (AvgIpc) is 2.38. The monoisotopic (exact) mass is 282 g/mol. The Morgan fingerprint density at radius 3 is 2.84 bits per heavy atom. The van der Waals surface area contributed by atoms with E-state index in [1.165, 1.54) is 17.4 Å². The average molecular weight is 282 g/mol. The fourth-order valence-corrected chi connectivity index (χ4v) is 3.63. The molecule has 0 spiro atoms. The van der Waals surface area contributed by atoms with Crippen molar-refractivity contribution in [1.82, 2.24) is 5.43 Å². The predicted molar refractivity (Wildman–Crippen MR) is 77.6 cm³/mol. The van der Waals surface area contributed by atoms with Gasteiger partial charge in [-0.3, -0.25) is 11.3 Å². The number of fused-ring (bicyclic) bond motifs is 1. The number of benzene rings is 1. The third-order valence-corrected chi connectivity index (χ3v) is 4.89. The molecular weight excluding hydrogens is 260 g/mol. The number of sulfone groups is 1. The molecule has 3 N–H and O–H groups in total. The summed E-state index contributed by atoms with van der Waals surface area (Å²) in [5, 5.41) is 0. The number of nitrogens with two attached hydrogens (primary N) is 1. The van der Waals surface area contributed by atoms with Crippen molar-refractivity contribution < 1.29 is 8.42 Å². The SMILES string of the molecule is CS(=O)(=O)CCC(NN)C1CCCc2ccccc21. The van der Waals surface area contributed by atoms with Crippen molar-refractivity contribution in [2.45, 2.75) is 37.6 Å². The lowest BCUT2D eigenvalue weighted by atomic mass is 9.78. The van der Waals surface area contributed by atoms with E-state index in [2.05, 4.69) is 23.6 Å². The van der Waals surface area contributed by atoms with Crippen molar-refractivity contribution in [2.24, 2.45) is 5.84 Å². The van der Waals surface area contributed by atoms with Gasteiger partial charge in [0, 0.05) is 18.2 Å². The van der Waals surface area contributed by atoms with Gasteiger partial charge in [-0.1, -0.05) is 24.3 Å². The summed E-state index contributed by atoms with van der Waals surface area (Å²) in [5.74, 6) is 6.14. The molecule has 1 aliphatic rings. The topological polar surface area (TPSA) is 72.2 Å². The molecule has 19 heavy (non-hydrogen) atoms. The van der Waals surface area contributed by atoms with E-state index in [0.717, 1.165) is 19.3 Å². The third-order valence-electron chi connectivity index (χ3n) is 3.92. The van der Waals surface area contributed by atoms with Gasteiger partial charge >= 0.3 is 0 Å². The lowest BCUT2D eigenvalue weighted by molar-refractivity contribution is 0.388. The number of rotatable bonds is 5. The van der Waals surface area contributed by atoms with Crippen LogP contribution < -0.4 is 11.3 Å². The summed E-state index contributed by atoms with van der Waals surface area (Å²) in [7, 11) is -2.94. The number of hydrogen-bond acceptors (Lipinski definition) is 4. The van der Waals surface area contributed by atoms with Crippen LogP contribution in [0.5, 0.6) is 0 Å². The molecule has 2 rings (SSSR count). The van der Waals surface area contributed by atoms with Crippen molar-refractivity contribution in [2.75, 3.05) is 12.0 Å². The Kier molecular flexibility index (Phi) is 4.60. The van der Waals surface area contributed by atoms with Crippen molar-refractivity contribution in [1.29, 1.82) is 0 Å². The zero-order valence-electron chi connectivity index (χ0n) is 11.3. The van der Waals surface area contributed by atoms with E-state index in [4.69, 9.17) is 5.84 Å². The third kappa shape index (κ3) is 3.78. The van der Waals surface area contributed by atoms with Crippen molar-refractivity contribution in [3.05, 3.63) is 35.4 Å². The van der Waals surface area contributed by atoms with Gasteiger partial charge in [-0.15, -0.1) is 0 Å². The summed E-state index contributed by atoms with van der Waals surface area (Å²) < 4.78 is 22.6. The lowest BCUT2D eigenvalue weighted by Crippen LogP contribution is -2.42. The van der Waals surface area contributed by atoms with Crippen LogP contribution in [-0.2, 0) is 16.3 Å². The zero-order chi connectivity index (χ0) is 13.9. The smallest absolute Gasteiger partial charge is 0.147 e. The first-order valence-electron chi connectivity index (χ1n) is 6.73. The second-order valence-electron chi connectivity index (χ2n) is 5.39. The molecule has 0 aliphatic heterocycles. The first kappa shape index (κ1) is 14.5. The zero-order valence-corrected chi connectivity index (χ0v) is 12.1. The van der Waals surface area contributed by atoms with Gasteiger partial charge < -0.3 is 0 Å². The maximum Gasteiger partial charge on any atom is 0.147 e. The minimum Gasteiger partial charge on any atom is -0.271 e. The quantitative estimate of drug-likeness (QED) is 0.632. The summed E-state index contributed by atoms with van der Waals surface area (Å²) in [6, 6.07) is 8.43. The second kappa shape index (κ2) is 6.03. The predicted octanol–water partition coefficient (Wildman–Crippen LogP) is 1.37. The minimum atomic E-state index is -2.94. The molecule has 0 amide bonds. The van der Waals surface area contributed by atoms with Crippen LogP contribution in [0.4, 0.5) is 0 Å². The van der Waals surface area contributed by atoms with Gasteiger partial charge in [0.05, 0.1) is 5.75 Å². The molecule has 106 valence electrons. The molecule has 0 aromatic heterocycles. The highest BCUT2D eigenvalue weighted by Crippen LogP contribution is 2.34. The minimum absolute atomic E-state index is 0.0242. The molecule has 1 aromatic rings. The van der Waals surface area contributed by atoms with Crippen LogP contribution in [0.1, 0.15) is 36.3 Å². The van der Waals surface area contributed by atoms with E-state index in [0.29, 0.717) is 12.3 Å². The van der Waals surface area contributed by atoms with E-state index in [9.17, 15) is 8.42 Å². The maximum absolute atomic E-state index is 11.3. The molecule has 4 nitrogen and oxygen atoms in total. The highest BCUT2D eigenvalue weighted by atomic mass is 32.2. The van der Waals surface area contributed by atoms with Crippen LogP contribution in [-0.4, -0.2) is 26.5 Å². The van der Waals surface area contributed by atoms with Gasteiger partial charge in [0.15, 0.2) is 0 Å². The standard InChI is InChI=1S/C14H22N2O2S/c1-19(17,18)10-9-14(16-15)13-8-4-6-11-5-2-3-7-12(11)13/h2-3,5,7,13-14,16H,4,6,8-10,15H2,1H3. The first-order chi connectivity index (χ1) is 9.01. The lowest BCUT2D eigenvalue weighted by Gasteiger charge is -2.32. The molecule has 1 aromatic carbocycles. The van der Waals surface area contributed by atoms with Crippen LogP contribution in [0.3, 0.4) is 0 Å². The molecule has 0 radical (unpaired) electrons. The van der Waals surface area contributed by atoms with Gasteiger partial charge in [0.25, 0.3) is 0 Å². The summed E-state index contributed by atoms with van der Waals surface area (Å²) >= 11 is 0. The molecule has 1 aliphatic carbocycles. The largest absolute Gasteiger partial charge is 0.271 e. The van der Waals surface area contributed by atoms with Crippen molar-refractivity contribution in [3.8, 4) is 0 Å². The molecule has 0 fully saturated rings. The van der Waals surface area contributed by atoms with E-state index in [1.54, 1.807) is 0 Å². The highest BCUT2D eigenvalue weighted by Gasteiger charge is 2.27. The van der Waals surface area contributed by atoms with Crippen molar-refractivity contribution >= 4 is 9.84 Å². The Bertz CT molecular complexity index is 528. The Morgan fingerprint density at radius 1 is 1.42 bits per heavy atom. The molecule has 5 heteroatoms. The Morgan fingerprint density at radius 2 is 2.16 bits per heavy atom. The Hall–Kier alpha value is -0.910. The van der Waals surface area contributed by atoms with Crippen LogP contribution in [0.25, 0.3) is 0 Å². The van der Waals surface area contributed by atoms with Gasteiger partial charge in [-0.25, -0.2) is 8.42 Å². The van der Waals surface area contributed by atoms with E-state index < -0.39 is 9.84 Å². The fraction of sp³-hybridized carbons (Fsp3) is 0.571. The Labute approximate surface area is 115 Å². The molecule has 0 saturated carbocycles. The number of hydrazine groups is 1. The van der Waals surface area contributed by atoms with Gasteiger partial charge in [-0.2, -0.15) is 0 Å². The molecule has 0 saturated heterocycles. The second-order valence-corrected chi connectivity index (χ2v) is 7.65. The van der Waals surface area contributed by atoms with Gasteiger partial charge in [0.1, 0.15) is 9.84 Å². The van der Waals surface area contributed by atoms with Crippen LogP contribution in [0, 0.1) is 0 Å². The maximum atomic E-state index is 11.3. The molecular formula is C14H22N2O2S. The number of nitrogens with one attached hydrogen (secondary N) is 1. The van der Waals surface area contributed by atoms with E-state index >= 15 is 0 Å². The normalized spacial score (nSPS) is 20.8. The summed E-state index contributed by atoms with van der Waals surface area (Å²) in [5.41, 5.74) is 5.52. The van der Waals surface area contributed by atoms with E-state index in [-0.39, 0.29) is 11.8 Å². The van der Waals surface area contributed by atoms with Crippen LogP contribution >= 0.6 is 0 Å². The van der Waals surface area contributed by atoms with Crippen LogP contribution in [0.2, 0.25) is 0 Å². The molecule has 0 bridgehead atoms. The molecule has 0 heterocycles. The van der Waals surface area contributed by atoms with Gasteiger partial charge in [0.2, 0.25) is 0 Å². The highest BCUT2D eigenvalue weighted by molar-refractivity contribution is 7.90. The summed E-state index contributed by atoms with van der Waals surface area (Å²) in [6.45, 7) is 0. The number of hydrogen-bond donors (Lipinski definition) is 2. The number of aryl methyl sites for hydroxylation is 1. The Balaban J connectivity index is 2.16. The van der Waals surface area contributed by atoms with Crippen LogP contribution in [0.15, 0.2) is 24.3 Å². The van der Waals surface area contributed by atoms with Crippen molar-refractivity contribution in [3.63, 3.8) is 0 Å². The first-order valence-corrected chi connectivity index (χ1v) is 8.79. The molecule has 2 unspecified atom stereocenters. The molecule has 2 atom stereocenters. The summed E-state index contributed by atoms with van der Waals surface area (Å²) in [6.07, 6.45) is 5.15. The van der Waals surface area contributed by atoms with Gasteiger partial charge in [-0.05, 0) is 36.8 Å². The fourth-order valence-electron chi connectivity index (χ4n) is 2.95. The summed E-state index contributed by atoms with van der Waals surface area (Å²) in [4.78, 5) is 0.